The van der Waals surface area contributed by atoms with Crippen molar-refractivity contribution >= 4 is 12.2 Å². The standard InChI is InChI=1S/C9H16N2O4/c1-3-4-5-6-7(2)15-9(14)11-10-8(12)13/h7H,3-6H2,1-2H3,(H,12,13). The highest BCUT2D eigenvalue weighted by molar-refractivity contribution is 5.72. The molecule has 0 aliphatic rings. The Labute approximate surface area is 88.3 Å². The van der Waals surface area contributed by atoms with Crippen LogP contribution < -0.4 is 0 Å². The summed E-state index contributed by atoms with van der Waals surface area (Å²) in [6.07, 6.45) is 1.19. The van der Waals surface area contributed by atoms with Gasteiger partial charge in [-0.1, -0.05) is 30.0 Å². The van der Waals surface area contributed by atoms with E-state index >= 15 is 0 Å². The van der Waals surface area contributed by atoms with Gasteiger partial charge in [-0.3, -0.25) is 0 Å². The average molecular weight is 216 g/mol. The molecule has 0 radical (unpaired) electrons. The van der Waals surface area contributed by atoms with Crippen LogP contribution in [-0.4, -0.2) is 23.4 Å². The lowest BCUT2D eigenvalue weighted by atomic mass is 10.1. The third kappa shape index (κ3) is 8.86. The fraction of sp³-hybridized carbons (Fsp3) is 0.778. The van der Waals surface area contributed by atoms with E-state index in [9.17, 15) is 9.59 Å². The molecule has 6 heteroatoms. The van der Waals surface area contributed by atoms with Crippen LogP contribution in [0, 0.1) is 0 Å². The molecule has 15 heavy (non-hydrogen) atoms. The summed E-state index contributed by atoms with van der Waals surface area (Å²) >= 11 is 0. The zero-order chi connectivity index (χ0) is 11.7. The molecule has 0 aromatic heterocycles. The van der Waals surface area contributed by atoms with Gasteiger partial charge in [0.2, 0.25) is 0 Å². The summed E-state index contributed by atoms with van der Waals surface area (Å²) in [5.74, 6) is 0. The topological polar surface area (TPSA) is 88.3 Å². The Bertz CT molecular complexity index is 240. The lowest BCUT2D eigenvalue weighted by Gasteiger charge is -2.09. The third-order valence-electron chi connectivity index (χ3n) is 1.73. The van der Waals surface area contributed by atoms with E-state index < -0.39 is 12.2 Å². The Morgan fingerprint density at radius 2 is 2.00 bits per heavy atom. The van der Waals surface area contributed by atoms with Crippen molar-refractivity contribution in [2.45, 2.75) is 45.6 Å². The van der Waals surface area contributed by atoms with Crippen LogP contribution in [0.5, 0.6) is 0 Å². The van der Waals surface area contributed by atoms with Gasteiger partial charge in [-0.05, 0) is 19.8 Å². The van der Waals surface area contributed by atoms with Crippen molar-refractivity contribution in [3.05, 3.63) is 0 Å². The largest absolute Gasteiger partial charge is 0.462 e. The van der Waals surface area contributed by atoms with Gasteiger partial charge in [0.1, 0.15) is 6.10 Å². The van der Waals surface area contributed by atoms with E-state index in [4.69, 9.17) is 9.84 Å². The Balaban J connectivity index is 3.71. The predicted octanol–water partition coefficient (Wildman–Crippen LogP) is 3.22. The molecule has 0 spiro atoms. The van der Waals surface area contributed by atoms with Crippen LogP contribution in [-0.2, 0) is 4.74 Å². The van der Waals surface area contributed by atoms with Crippen molar-refractivity contribution in [2.24, 2.45) is 10.2 Å². The van der Waals surface area contributed by atoms with Gasteiger partial charge in [-0.25, -0.2) is 9.59 Å². The molecular formula is C9H16N2O4. The maximum atomic E-state index is 10.8. The Kier molecular flexibility index (Phi) is 7.13. The summed E-state index contributed by atoms with van der Waals surface area (Å²) in [6.45, 7) is 3.82. The molecule has 0 fully saturated rings. The Morgan fingerprint density at radius 1 is 1.33 bits per heavy atom. The van der Waals surface area contributed by atoms with Crippen LogP contribution in [0.25, 0.3) is 0 Å². The van der Waals surface area contributed by atoms with Crippen LogP contribution in [0.1, 0.15) is 39.5 Å². The molecule has 0 bridgehead atoms. The normalized spacial score (nSPS) is 12.7. The minimum Gasteiger partial charge on any atom is -0.462 e. The van der Waals surface area contributed by atoms with Crippen molar-refractivity contribution in [3.63, 3.8) is 0 Å². The van der Waals surface area contributed by atoms with Crippen LogP contribution in [0.15, 0.2) is 10.2 Å². The number of nitrogens with zero attached hydrogens (tertiary/aromatic N) is 2. The number of hydrogen-bond acceptors (Lipinski definition) is 3. The molecule has 2 amide bonds. The second kappa shape index (κ2) is 7.90. The van der Waals surface area contributed by atoms with Gasteiger partial charge in [0.15, 0.2) is 0 Å². The quantitative estimate of drug-likeness (QED) is 0.564. The predicted molar refractivity (Wildman–Crippen MR) is 53.0 cm³/mol. The molecule has 0 saturated carbocycles. The van der Waals surface area contributed by atoms with Crippen LogP contribution in [0.4, 0.5) is 9.59 Å². The van der Waals surface area contributed by atoms with Gasteiger partial charge >= 0.3 is 12.2 Å². The highest BCUT2D eigenvalue weighted by Crippen LogP contribution is 2.07. The van der Waals surface area contributed by atoms with Crippen LogP contribution in [0.3, 0.4) is 0 Å². The van der Waals surface area contributed by atoms with E-state index in [1.54, 1.807) is 6.92 Å². The molecular weight excluding hydrogens is 200 g/mol. The van der Waals surface area contributed by atoms with Gasteiger partial charge < -0.3 is 9.84 Å². The van der Waals surface area contributed by atoms with Crippen molar-refractivity contribution in [2.75, 3.05) is 0 Å². The molecule has 6 nitrogen and oxygen atoms in total. The fourth-order valence-electron chi connectivity index (χ4n) is 1.02. The van der Waals surface area contributed by atoms with E-state index in [-0.39, 0.29) is 6.10 Å². The van der Waals surface area contributed by atoms with Gasteiger partial charge in [0.25, 0.3) is 0 Å². The first kappa shape index (κ1) is 13.5. The highest BCUT2D eigenvalue weighted by atomic mass is 16.6. The number of hydrogen-bond donors (Lipinski definition) is 1. The molecule has 0 aliphatic heterocycles. The molecule has 1 unspecified atom stereocenters. The number of carboxylic acid groups (broad SMARTS) is 1. The number of carbonyl (C=O) groups is 2. The summed E-state index contributed by atoms with van der Waals surface area (Å²) < 4.78 is 4.78. The number of carbonyl (C=O) groups excluding carboxylic acids is 1. The third-order valence-corrected chi connectivity index (χ3v) is 1.73. The zero-order valence-electron chi connectivity index (χ0n) is 8.97. The number of azo groups is 1. The molecule has 0 heterocycles. The van der Waals surface area contributed by atoms with E-state index in [0.29, 0.717) is 0 Å². The monoisotopic (exact) mass is 216 g/mol. The van der Waals surface area contributed by atoms with Gasteiger partial charge in [0.05, 0.1) is 0 Å². The maximum absolute atomic E-state index is 10.8. The number of amides is 2. The maximum Gasteiger partial charge on any atom is 0.452 e. The molecule has 1 atom stereocenters. The van der Waals surface area contributed by atoms with Crippen molar-refractivity contribution in [1.29, 1.82) is 0 Å². The van der Waals surface area contributed by atoms with E-state index in [2.05, 4.69) is 17.2 Å². The molecule has 86 valence electrons. The first-order valence-electron chi connectivity index (χ1n) is 4.91. The molecule has 0 saturated heterocycles. The molecule has 0 aliphatic carbocycles. The van der Waals surface area contributed by atoms with Gasteiger partial charge in [-0.2, -0.15) is 0 Å². The fourth-order valence-corrected chi connectivity index (χ4v) is 1.02. The zero-order valence-corrected chi connectivity index (χ0v) is 8.97. The number of unbranched alkanes of at least 4 members (excludes halogenated alkanes) is 2. The minimum absolute atomic E-state index is 0.253. The smallest absolute Gasteiger partial charge is 0.452 e. The first-order chi connectivity index (χ1) is 7.06. The highest BCUT2D eigenvalue weighted by Gasteiger charge is 2.08. The second-order valence-electron chi connectivity index (χ2n) is 3.17. The summed E-state index contributed by atoms with van der Waals surface area (Å²) in [4.78, 5) is 20.8. The minimum atomic E-state index is -1.51. The van der Waals surface area contributed by atoms with E-state index in [1.807, 2.05) is 0 Å². The van der Waals surface area contributed by atoms with Gasteiger partial charge in [0, 0.05) is 0 Å². The molecule has 1 N–H and O–H groups in total. The Hall–Kier alpha value is -1.46. The van der Waals surface area contributed by atoms with Gasteiger partial charge in [-0.15, -0.1) is 0 Å². The summed E-state index contributed by atoms with van der Waals surface area (Å²) in [5.41, 5.74) is 0. The van der Waals surface area contributed by atoms with Crippen molar-refractivity contribution < 1.29 is 19.4 Å². The molecule has 0 aromatic rings. The summed E-state index contributed by atoms with van der Waals surface area (Å²) in [5, 5.41) is 13.6. The lowest BCUT2D eigenvalue weighted by Crippen LogP contribution is -2.11. The SMILES string of the molecule is CCCCCC(C)OC(=O)N=NC(=O)O. The van der Waals surface area contributed by atoms with Crippen LogP contribution >= 0.6 is 0 Å². The van der Waals surface area contributed by atoms with Crippen molar-refractivity contribution in [3.8, 4) is 0 Å². The Morgan fingerprint density at radius 3 is 2.53 bits per heavy atom. The molecule has 0 aromatic carbocycles. The summed E-state index contributed by atoms with van der Waals surface area (Å²) in [7, 11) is 0. The lowest BCUT2D eigenvalue weighted by molar-refractivity contribution is 0.108. The number of ether oxygens (including phenoxy) is 1. The first-order valence-corrected chi connectivity index (χ1v) is 4.91. The summed E-state index contributed by atoms with van der Waals surface area (Å²) in [6, 6.07) is 0. The second-order valence-corrected chi connectivity index (χ2v) is 3.17. The number of rotatable bonds is 5. The average Bonchev–Trinajstić information content (AvgIpc) is 2.15. The van der Waals surface area contributed by atoms with Crippen LogP contribution in [0.2, 0.25) is 0 Å². The van der Waals surface area contributed by atoms with Crippen molar-refractivity contribution in [1.82, 2.24) is 0 Å². The van der Waals surface area contributed by atoms with E-state index in [0.717, 1.165) is 25.7 Å². The molecule has 0 rings (SSSR count). The van der Waals surface area contributed by atoms with E-state index in [1.165, 1.54) is 0 Å².